The number of benzene rings is 1. The molecule has 1 aromatic carbocycles. The van der Waals surface area contributed by atoms with Crippen LogP contribution in [0, 0.1) is 0 Å². The third-order valence-corrected chi connectivity index (χ3v) is 1.89. The Hall–Kier alpha value is -0.970. The molecule has 0 aliphatic carbocycles. The molecule has 5 heteroatoms. The molecule has 0 unspecified atom stereocenters. The van der Waals surface area contributed by atoms with E-state index in [1.54, 1.807) is 0 Å². The summed E-state index contributed by atoms with van der Waals surface area (Å²) in [5, 5.41) is 0. The topological polar surface area (TPSA) is 17.1 Å². The van der Waals surface area contributed by atoms with Crippen LogP contribution in [-0.2, 0) is 11.0 Å². The SMILES string of the molecule is O=[C]Sc1cccc(C(F)(F)F)c1. The first-order valence-corrected chi connectivity index (χ1v) is 4.07. The fourth-order valence-electron chi connectivity index (χ4n) is 0.784. The molecule has 1 radical (unpaired) electrons. The summed E-state index contributed by atoms with van der Waals surface area (Å²) in [5.74, 6) is 0. The molecule has 0 aliphatic rings. The number of halogens is 3. The van der Waals surface area contributed by atoms with Gasteiger partial charge in [0.2, 0.25) is 0 Å². The number of carbonyl (C=O) groups excluding carboxylic acids is 1. The zero-order valence-corrected chi connectivity index (χ0v) is 7.08. The first-order chi connectivity index (χ1) is 6.04. The van der Waals surface area contributed by atoms with Crippen molar-refractivity contribution in [2.75, 3.05) is 0 Å². The Morgan fingerprint density at radius 1 is 1.31 bits per heavy atom. The van der Waals surface area contributed by atoms with Gasteiger partial charge in [-0.15, -0.1) is 0 Å². The predicted octanol–water partition coefficient (Wildman–Crippen LogP) is 2.86. The first kappa shape index (κ1) is 10.1. The summed E-state index contributed by atoms with van der Waals surface area (Å²) in [5.41, 5.74) is 0.705. The molecule has 1 nitrogen and oxygen atoms in total. The second-order valence-electron chi connectivity index (χ2n) is 2.21. The van der Waals surface area contributed by atoms with Crippen LogP contribution in [0.4, 0.5) is 13.2 Å². The Morgan fingerprint density at radius 3 is 2.54 bits per heavy atom. The molecule has 0 amide bonds. The minimum absolute atomic E-state index is 0.241. The van der Waals surface area contributed by atoms with E-state index >= 15 is 0 Å². The standard InChI is InChI=1S/C8H4F3OS/c9-8(10,11)6-2-1-3-7(4-6)13-5-12/h1-4H. The summed E-state index contributed by atoms with van der Waals surface area (Å²) in [4.78, 5) is 10.1. The van der Waals surface area contributed by atoms with E-state index in [1.807, 2.05) is 0 Å². The van der Waals surface area contributed by atoms with Gasteiger partial charge in [-0.2, -0.15) is 13.2 Å². The van der Waals surface area contributed by atoms with E-state index in [1.165, 1.54) is 17.8 Å². The summed E-state index contributed by atoms with van der Waals surface area (Å²) in [7, 11) is 0. The van der Waals surface area contributed by atoms with Gasteiger partial charge in [-0.1, -0.05) is 6.07 Å². The molecular formula is C8H4F3OS. The van der Waals surface area contributed by atoms with E-state index in [0.717, 1.165) is 12.1 Å². The first-order valence-electron chi connectivity index (χ1n) is 3.25. The van der Waals surface area contributed by atoms with E-state index < -0.39 is 11.7 Å². The van der Waals surface area contributed by atoms with Gasteiger partial charge in [0, 0.05) is 4.90 Å². The van der Waals surface area contributed by atoms with Crippen molar-refractivity contribution in [2.45, 2.75) is 11.1 Å². The molecule has 0 spiro atoms. The van der Waals surface area contributed by atoms with Crippen LogP contribution < -0.4 is 0 Å². The van der Waals surface area contributed by atoms with Crippen molar-refractivity contribution in [3.63, 3.8) is 0 Å². The molecule has 0 saturated heterocycles. The van der Waals surface area contributed by atoms with Crippen LogP contribution in [0.1, 0.15) is 5.56 Å². The molecule has 13 heavy (non-hydrogen) atoms. The highest BCUT2D eigenvalue weighted by molar-refractivity contribution is 8.11. The molecule has 0 fully saturated rings. The lowest BCUT2D eigenvalue weighted by Crippen LogP contribution is -2.04. The Morgan fingerprint density at radius 2 is 2.00 bits per heavy atom. The Balaban J connectivity index is 2.98. The van der Waals surface area contributed by atoms with Gasteiger partial charge >= 0.3 is 6.18 Å². The molecule has 0 atom stereocenters. The largest absolute Gasteiger partial charge is 0.416 e. The number of hydrogen-bond donors (Lipinski definition) is 0. The van der Waals surface area contributed by atoms with Gasteiger partial charge in [-0.25, -0.2) is 0 Å². The molecule has 0 saturated carbocycles. The second-order valence-corrected chi connectivity index (χ2v) is 3.05. The van der Waals surface area contributed by atoms with Crippen LogP contribution in [0.2, 0.25) is 0 Å². The Kier molecular flexibility index (Phi) is 2.98. The smallest absolute Gasteiger partial charge is 0.277 e. The van der Waals surface area contributed by atoms with Gasteiger partial charge in [0.1, 0.15) is 0 Å². The summed E-state index contributed by atoms with van der Waals surface area (Å²) >= 11 is 0.600. The molecule has 1 aromatic rings. The van der Waals surface area contributed by atoms with Gasteiger partial charge in [0.15, 0.2) is 0 Å². The highest BCUT2D eigenvalue weighted by Gasteiger charge is 2.30. The highest BCUT2D eigenvalue weighted by Crippen LogP contribution is 2.31. The Bertz CT molecular complexity index is 309. The summed E-state index contributed by atoms with van der Waals surface area (Å²) in [6, 6.07) is 4.54. The predicted molar refractivity (Wildman–Crippen MR) is 43.0 cm³/mol. The Labute approximate surface area is 76.9 Å². The normalized spacial score (nSPS) is 11.3. The van der Waals surface area contributed by atoms with Crippen LogP contribution in [0.3, 0.4) is 0 Å². The van der Waals surface area contributed by atoms with Gasteiger partial charge in [0.05, 0.1) is 5.56 Å². The van der Waals surface area contributed by atoms with E-state index in [9.17, 15) is 18.0 Å². The minimum atomic E-state index is -4.36. The lowest BCUT2D eigenvalue weighted by molar-refractivity contribution is -0.137. The van der Waals surface area contributed by atoms with Crippen molar-refractivity contribution in [2.24, 2.45) is 0 Å². The molecular weight excluding hydrogens is 201 g/mol. The van der Waals surface area contributed by atoms with Gasteiger partial charge < -0.3 is 0 Å². The average Bonchev–Trinajstić information content (AvgIpc) is 2.04. The van der Waals surface area contributed by atoms with Crippen LogP contribution >= 0.6 is 11.8 Å². The van der Waals surface area contributed by atoms with Crippen LogP contribution in [0.5, 0.6) is 0 Å². The van der Waals surface area contributed by atoms with E-state index in [2.05, 4.69) is 0 Å². The molecule has 1 rings (SSSR count). The van der Waals surface area contributed by atoms with Gasteiger partial charge in [-0.3, -0.25) is 4.79 Å². The van der Waals surface area contributed by atoms with E-state index in [0.29, 0.717) is 11.8 Å². The van der Waals surface area contributed by atoms with Crippen molar-refractivity contribution in [3.8, 4) is 0 Å². The zero-order chi connectivity index (χ0) is 9.90. The molecule has 0 bridgehead atoms. The maximum atomic E-state index is 12.1. The van der Waals surface area contributed by atoms with Crippen LogP contribution in [0.15, 0.2) is 29.2 Å². The minimum Gasteiger partial charge on any atom is -0.277 e. The van der Waals surface area contributed by atoms with E-state index in [4.69, 9.17) is 0 Å². The van der Waals surface area contributed by atoms with Crippen molar-refractivity contribution < 1.29 is 18.0 Å². The maximum Gasteiger partial charge on any atom is 0.416 e. The van der Waals surface area contributed by atoms with Crippen molar-refractivity contribution in [1.29, 1.82) is 0 Å². The number of hydrogen-bond acceptors (Lipinski definition) is 2. The quantitative estimate of drug-likeness (QED) is 0.690. The zero-order valence-electron chi connectivity index (χ0n) is 6.26. The third-order valence-electron chi connectivity index (χ3n) is 1.32. The van der Waals surface area contributed by atoms with Crippen LogP contribution in [0.25, 0.3) is 0 Å². The third kappa shape index (κ3) is 2.77. The molecule has 0 N–H and O–H groups in total. The van der Waals surface area contributed by atoms with Crippen molar-refractivity contribution in [3.05, 3.63) is 29.8 Å². The lowest BCUT2D eigenvalue weighted by Gasteiger charge is -2.06. The van der Waals surface area contributed by atoms with Crippen LogP contribution in [-0.4, -0.2) is 5.62 Å². The second kappa shape index (κ2) is 3.83. The fraction of sp³-hybridized carbons (Fsp3) is 0.125. The number of rotatable bonds is 2. The number of alkyl halides is 3. The fourth-order valence-corrected chi connectivity index (χ4v) is 1.21. The lowest BCUT2D eigenvalue weighted by atomic mass is 10.2. The van der Waals surface area contributed by atoms with Gasteiger partial charge in [0.25, 0.3) is 5.62 Å². The van der Waals surface area contributed by atoms with Crippen molar-refractivity contribution in [1.82, 2.24) is 0 Å². The summed E-state index contributed by atoms with van der Waals surface area (Å²) in [6.07, 6.45) is -4.36. The highest BCUT2D eigenvalue weighted by atomic mass is 32.2. The molecule has 69 valence electrons. The molecule has 0 aliphatic heterocycles. The van der Waals surface area contributed by atoms with Gasteiger partial charge in [-0.05, 0) is 30.0 Å². The number of thioether (sulfide) groups is 1. The average molecular weight is 205 g/mol. The summed E-state index contributed by atoms with van der Waals surface area (Å²) in [6.45, 7) is 0. The monoisotopic (exact) mass is 205 g/mol. The maximum absolute atomic E-state index is 12.1. The van der Waals surface area contributed by atoms with E-state index in [-0.39, 0.29) is 4.90 Å². The van der Waals surface area contributed by atoms with Crippen molar-refractivity contribution >= 4 is 17.4 Å². The molecule has 0 heterocycles. The summed E-state index contributed by atoms with van der Waals surface area (Å²) < 4.78 is 36.3. The molecule has 0 aromatic heterocycles.